The molecule has 0 aliphatic carbocycles. The van der Waals surface area contributed by atoms with Crippen LogP contribution in [-0.2, 0) is 29.0 Å². The van der Waals surface area contributed by atoms with Gasteiger partial charge < -0.3 is 25.8 Å². The molecule has 238 valence electrons. The molecule has 5 rings (SSSR count). The summed E-state index contributed by atoms with van der Waals surface area (Å²) in [6, 6.07) is 19.7. The van der Waals surface area contributed by atoms with Crippen LogP contribution in [0.25, 0.3) is 4.96 Å². The van der Waals surface area contributed by atoms with E-state index >= 15 is 0 Å². The summed E-state index contributed by atoms with van der Waals surface area (Å²) in [7, 11) is 0. The number of amides is 3. The van der Waals surface area contributed by atoms with Crippen molar-refractivity contribution in [2.24, 2.45) is 0 Å². The zero-order valence-corrected chi connectivity index (χ0v) is 27.1. The number of nitrogens with zero attached hydrogens (tertiary/aromatic N) is 2. The maximum atomic E-state index is 13.6. The average Bonchev–Trinajstić information content (AvgIpc) is 3.53. The lowest BCUT2D eigenvalue weighted by molar-refractivity contribution is -0.506. The Kier molecular flexibility index (Phi) is 10.0. The largest absolute Gasteiger partial charge is 0.508 e. The summed E-state index contributed by atoms with van der Waals surface area (Å²) in [4.78, 5) is 41.1. The number of benzene rings is 3. The van der Waals surface area contributed by atoms with Crippen molar-refractivity contribution in [2.75, 3.05) is 5.32 Å². The first kappa shape index (κ1) is 32.2. The van der Waals surface area contributed by atoms with Gasteiger partial charge in [-0.25, -0.2) is 14.2 Å². The predicted molar refractivity (Wildman–Crippen MR) is 177 cm³/mol. The second-order valence-electron chi connectivity index (χ2n) is 11.5. The normalized spacial score (nSPS) is 11.8. The van der Waals surface area contributed by atoms with E-state index in [1.54, 1.807) is 73.7 Å². The molecule has 0 aliphatic rings. The Labute approximate surface area is 271 Å². The van der Waals surface area contributed by atoms with Gasteiger partial charge in [0.2, 0.25) is 5.91 Å². The number of esters is 1. The lowest BCUT2D eigenvalue weighted by Gasteiger charge is -2.19. The van der Waals surface area contributed by atoms with Crippen molar-refractivity contribution in [3.05, 3.63) is 118 Å². The minimum atomic E-state index is -0.915. The van der Waals surface area contributed by atoms with E-state index in [1.807, 2.05) is 6.20 Å². The van der Waals surface area contributed by atoms with E-state index in [9.17, 15) is 19.5 Å². The summed E-state index contributed by atoms with van der Waals surface area (Å²) in [6.45, 7) is 8.56. The highest BCUT2D eigenvalue weighted by Gasteiger charge is 2.25. The maximum absolute atomic E-state index is 13.6. The first-order valence-corrected chi connectivity index (χ1v) is 15.8. The number of carbonyl (C=O) groups is 3. The smallest absolute Gasteiger partial charge is 0.346 e. The van der Waals surface area contributed by atoms with Gasteiger partial charge in [0.15, 0.2) is 5.69 Å². The number of hydrogen-bond donors (Lipinski definition) is 4. The van der Waals surface area contributed by atoms with Crippen LogP contribution in [0, 0.1) is 13.8 Å². The predicted octanol–water partition coefficient (Wildman–Crippen LogP) is 5.27. The highest BCUT2D eigenvalue weighted by molar-refractivity contribution is 7.16. The monoisotopic (exact) mass is 640 g/mol. The molecule has 2 heterocycles. The molecule has 0 radical (unpaired) electrons. The molecule has 10 nitrogen and oxygen atoms in total. The molecule has 46 heavy (non-hydrogen) atoms. The summed E-state index contributed by atoms with van der Waals surface area (Å²) >= 11 is 1.68. The van der Waals surface area contributed by atoms with Crippen LogP contribution in [0.4, 0.5) is 10.5 Å². The van der Waals surface area contributed by atoms with E-state index in [0.717, 1.165) is 21.8 Å². The van der Waals surface area contributed by atoms with Gasteiger partial charge in [0.1, 0.15) is 30.7 Å². The van der Waals surface area contributed by atoms with Crippen molar-refractivity contribution >= 4 is 39.9 Å². The van der Waals surface area contributed by atoms with Gasteiger partial charge in [-0.2, -0.15) is 4.40 Å². The molecule has 0 fully saturated rings. The van der Waals surface area contributed by atoms with E-state index in [-0.39, 0.29) is 30.7 Å². The number of phenols is 1. The van der Waals surface area contributed by atoms with Gasteiger partial charge in [-0.3, -0.25) is 4.79 Å². The minimum absolute atomic E-state index is 0.109. The third kappa shape index (κ3) is 8.30. The third-order valence-electron chi connectivity index (χ3n) is 7.28. The zero-order chi connectivity index (χ0) is 32.8. The number of aromatic nitrogens is 2. The van der Waals surface area contributed by atoms with Crippen LogP contribution in [0.5, 0.6) is 5.75 Å². The molecule has 5 aromatic rings. The van der Waals surface area contributed by atoms with Crippen molar-refractivity contribution in [1.29, 1.82) is 0 Å². The quantitative estimate of drug-likeness (QED) is 0.116. The molecule has 0 unspecified atom stereocenters. The molecule has 0 spiro atoms. The van der Waals surface area contributed by atoms with Crippen LogP contribution < -0.4 is 20.4 Å². The lowest BCUT2D eigenvalue weighted by atomic mass is 10.0. The zero-order valence-electron chi connectivity index (χ0n) is 26.2. The van der Waals surface area contributed by atoms with Crippen molar-refractivity contribution in [3.63, 3.8) is 0 Å². The molecule has 11 heteroatoms. The molecule has 0 aliphatic heterocycles. The summed E-state index contributed by atoms with van der Waals surface area (Å²) < 4.78 is 9.48. The van der Waals surface area contributed by atoms with E-state index in [4.69, 9.17) is 4.74 Å². The molecule has 1 atom stereocenters. The van der Waals surface area contributed by atoms with Crippen molar-refractivity contribution in [3.8, 4) is 5.75 Å². The molecule has 3 aromatic carbocycles. The fourth-order valence-electron chi connectivity index (χ4n) is 4.98. The second kappa shape index (κ2) is 14.3. The van der Waals surface area contributed by atoms with Gasteiger partial charge in [0.05, 0.1) is 18.2 Å². The number of nitrogens with one attached hydrogen (secondary N) is 3. The molecular weight excluding hydrogens is 602 g/mol. The molecular formula is C35H38N5O5S+. The number of hydrogen-bond acceptors (Lipinski definition) is 6. The highest BCUT2D eigenvalue weighted by Crippen LogP contribution is 2.19. The number of anilines is 1. The van der Waals surface area contributed by atoms with Gasteiger partial charge in [-0.15, -0.1) is 0 Å². The molecule has 2 aromatic heterocycles. The molecule has 3 amide bonds. The van der Waals surface area contributed by atoms with Crippen molar-refractivity contribution in [1.82, 2.24) is 15.2 Å². The van der Waals surface area contributed by atoms with Gasteiger partial charge in [-0.05, 0) is 75.2 Å². The Morgan fingerprint density at radius 1 is 0.913 bits per heavy atom. The van der Waals surface area contributed by atoms with Crippen LogP contribution in [0.2, 0.25) is 0 Å². The Balaban J connectivity index is 1.30. The number of fused-ring (bicyclic) bond motifs is 1. The van der Waals surface area contributed by atoms with Gasteiger partial charge in [0, 0.05) is 17.0 Å². The summed E-state index contributed by atoms with van der Waals surface area (Å²) in [5.74, 6) is -0.698. The van der Waals surface area contributed by atoms with Crippen LogP contribution in [0.3, 0.4) is 0 Å². The van der Waals surface area contributed by atoms with Crippen LogP contribution >= 0.6 is 11.3 Å². The average molecular weight is 641 g/mol. The standard InChI is InChI=1S/C35H37N5O5S/c1-22(2)45-33(43)27-11-13-28(14-12-27)37-34(44)38-31(17-25-9-15-30(41)16-10-25)32(42)36-18-29-21-39-19-24(4)46-35(39)40(29)20-26-7-5-23(3)6-8-26/h5-16,19,21-22,31H,17-18,20H2,1-4H3,(H3-,36,37,38,41,42,43,44)/p+1/t31-/m0/s1. The Bertz CT molecular complexity index is 1830. The van der Waals surface area contributed by atoms with E-state index in [1.165, 1.54) is 10.4 Å². The van der Waals surface area contributed by atoms with Gasteiger partial charge in [-0.1, -0.05) is 53.3 Å². The van der Waals surface area contributed by atoms with Crippen molar-refractivity contribution < 1.29 is 28.6 Å². The SMILES string of the molecule is Cc1ccc(Cn2c(CNC(=O)[C@H](Cc3ccc(O)cc3)NC(=O)Nc3ccc(C(=O)OC(C)C)cc3)c[n+]3cc(C)sc23)cc1. The number of urea groups is 1. The summed E-state index contributed by atoms with van der Waals surface area (Å²) in [5, 5.41) is 18.3. The number of imidazole rings is 1. The Morgan fingerprint density at radius 2 is 1.59 bits per heavy atom. The molecule has 0 saturated heterocycles. The van der Waals surface area contributed by atoms with E-state index in [0.29, 0.717) is 17.8 Å². The van der Waals surface area contributed by atoms with Crippen LogP contribution in [0.1, 0.15) is 51.5 Å². The first-order chi connectivity index (χ1) is 22.0. The second-order valence-corrected chi connectivity index (χ2v) is 12.7. The fourth-order valence-corrected chi connectivity index (χ4v) is 5.93. The molecule has 4 N–H and O–H groups in total. The lowest BCUT2D eigenvalue weighted by Crippen LogP contribution is -2.49. The van der Waals surface area contributed by atoms with Crippen LogP contribution in [-0.4, -0.2) is 39.7 Å². The fraction of sp³-hybridized carbons (Fsp3) is 0.257. The third-order valence-corrected chi connectivity index (χ3v) is 8.33. The van der Waals surface area contributed by atoms with Crippen molar-refractivity contribution in [2.45, 2.75) is 59.4 Å². The van der Waals surface area contributed by atoms with E-state index < -0.39 is 18.0 Å². The Hall–Kier alpha value is -5.16. The molecule has 0 saturated carbocycles. The molecule has 0 bridgehead atoms. The summed E-state index contributed by atoms with van der Waals surface area (Å²) in [5.41, 5.74) is 4.84. The Morgan fingerprint density at radius 3 is 2.26 bits per heavy atom. The number of carbonyl (C=O) groups excluding carboxylic acids is 3. The number of ether oxygens (including phenoxy) is 1. The van der Waals surface area contributed by atoms with Crippen LogP contribution in [0.15, 0.2) is 85.2 Å². The van der Waals surface area contributed by atoms with Gasteiger partial charge >= 0.3 is 17.0 Å². The number of aromatic hydroxyl groups is 1. The summed E-state index contributed by atoms with van der Waals surface area (Å²) in [6.07, 6.45) is 4.04. The number of rotatable bonds is 11. The minimum Gasteiger partial charge on any atom is -0.508 e. The van der Waals surface area contributed by atoms with E-state index in [2.05, 4.69) is 69.2 Å². The highest BCUT2D eigenvalue weighted by atomic mass is 32.1. The number of thiazole rings is 1. The van der Waals surface area contributed by atoms with Gasteiger partial charge in [0.25, 0.3) is 0 Å². The number of aryl methyl sites for hydroxylation is 2. The maximum Gasteiger partial charge on any atom is 0.346 e. The topological polar surface area (TPSA) is 126 Å². The first-order valence-electron chi connectivity index (χ1n) is 15.0. The number of phenolic OH excluding ortho intramolecular Hbond substituents is 1.